The van der Waals surface area contributed by atoms with Crippen LogP contribution in [0.1, 0.15) is 45.7 Å². The first-order chi connectivity index (χ1) is 8.10. The molecule has 2 N–H and O–H groups in total. The first-order valence-corrected chi connectivity index (χ1v) is 11.1. The van der Waals surface area contributed by atoms with Crippen molar-refractivity contribution in [1.29, 1.82) is 0 Å². The third kappa shape index (κ3) is 5.19. The molecule has 0 bridgehead atoms. The molecule has 0 aliphatic heterocycles. The van der Waals surface area contributed by atoms with Gasteiger partial charge >= 0.3 is 113 Å². The molecule has 0 heterocycles. The SMILES string of the molecule is CCC(C)[O][Sn+]([CH2]C)[c]1ccccc1C(C)N.[Br-]. The van der Waals surface area contributed by atoms with Crippen LogP contribution in [0.25, 0.3) is 0 Å². The van der Waals surface area contributed by atoms with Crippen LogP contribution < -0.4 is 26.3 Å². The van der Waals surface area contributed by atoms with Crippen LogP contribution in [-0.2, 0) is 3.07 Å². The number of hydrogen-bond donors (Lipinski definition) is 1. The van der Waals surface area contributed by atoms with Gasteiger partial charge in [0, 0.05) is 0 Å². The van der Waals surface area contributed by atoms with Crippen molar-refractivity contribution in [2.45, 2.75) is 50.7 Å². The second-order valence-corrected chi connectivity index (χ2v) is 11.1. The van der Waals surface area contributed by atoms with E-state index in [1.54, 1.807) is 0 Å². The molecule has 0 amide bonds. The average Bonchev–Trinajstić information content (AvgIpc) is 2.35. The quantitative estimate of drug-likeness (QED) is 0.644. The molecule has 2 nitrogen and oxygen atoms in total. The minimum atomic E-state index is -1.94. The Balaban J connectivity index is 0.00000289. The second-order valence-electron chi connectivity index (χ2n) is 4.49. The summed E-state index contributed by atoms with van der Waals surface area (Å²) in [6.45, 7) is 8.65. The minimum absolute atomic E-state index is 0. The Labute approximate surface area is 129 Å². The number of halogens is 1. The molecule has 1 aromatic carbocycles. The van der Waals surface area contributed by atoms with Crippen molar-refractivity contribution in [3.8, 4) is 0 Å². The van der Waals surface area contributed by atoms with E-state index in [0.29, 0.717) is 6.10 Å². The molecular formula is C14H24BrNOSn. The second kappa shape index (κ2) is 9.34. The Morgan fingerprint density at radius 1 is 1.22 bits per heavy atom. The van der Waals surface area contributed by atoms with Crippen molar-refractivity contribution in [2.75, 3.05) is 0 Å². The normalized spacial score (nSPS) is 13.6. The third-order valence-electron chi connectivity index (χ3n) is 2.99. The smallest absolute Gasteiger partial charge is 1.00 e. The van der Waals surface area contributed by atoms with E-state index in [1.807, 2.05) is 0 Å². The van der Waals surface area contributed by atoms with Gasteiger partial charge in [0.1, 0.15) is 0 Å². The summed E-state index contributed by atoms with van der Waals surface area (Å²) in [6, 6.07) is 8.66. The van der Waals surface area contributed by atoms with Gasteiger partial charge in [-0.25, -0.2) is 0 Å². The zero-order valence-electron chi connectivity index (χ0n) is 11.7. The number of rotatable bonds is 6. The van der Waals surface area contributed by atoms with Crippen LogP contribution in [0.15, 0.2) is 24.3 Å². The van der Waals surface area contributed by atoms with Crippen molar-refractivity contribution in [1.82, 2.24) is 0 Å². The zero-order chi connectivity index (χ0) is 12.8. The summed E-state index contributed by atoms with van der Waals surface area (Å²) in [4.78, 5) is 0. The van der Waals surface area contributed by atoms with Gasteiger partial charge in [-0.3, -0.25) is 0 Å². The van der Waals surface area contributed by atoms with Gasteiger partial charge in [0.2, 0.25) is 0 Å². The van der Waals surface area contributed by atoms with Gasteiger partial charge in [-0.05, 0) is 0 Å². The first kappa shape index (κ1) is 18.4. The van der Waals surface area contributed by atoms with Crippen molar-refractivity contribution < 1.29 is 20.1 Å². The molecule has 4 heteroatoms. The van der Waals surface area contributed by atoms with E-state index >= 15 is 0 Å². The maximum Gasteiger partial charge on any atom is -1.00 e. The van der Waals surface area contributed by atoms with E-state index in [-0.39, 0.29) is 23.0 Å². The molecule has 0 spiro atoms. The van der Waals surface area contributed by atoms with E-state index in [9.17, 15) is 0 Å². The van der Waals surface area contributed by atoms with Crippen LogP contribution in [0.3, 0.4) is 0 Å². The summed E-state index contributed by atoms with van der Waals surface area (Å²) < 4.78 is 8.88. The number of nitrogens with two attached hydrogens (primary N) is 1. The summed E-state index contributed by atoms with van der Waals surface area (Å²) in [5, 5.41) is 0. The third-order valence-corrected chi connectivity index (χ3v) is 9.80. The fourth-order valence-electron chi connectivity index (χ4n) is 1.81. The molecule has 0 aliphatic carbocycles. The van der Waals surface area contributed by atoms with E-state index in [1.165, 1.54) is 13.6 Å². The number of benzene rings is 1. The van der Waals surface area contributed by atoms with Crippen LogP contribution in [-0.4, -0.2) is 26.3 Å². The predicted octanol–water partition coefficient (Wildman–Crippen LogP) is -0.256. The average molecular weight is 421 g/mol. The molecule has 18 heavy (non-hydrogen) atoms. The molecule has 0 aliphatic rings. The largest absolute Gasteiger partial charge is 1.00 e. The fourth-order valence-corrected chi connectivity index (χ4v) is 8.21. The standard InChI is InChI=1S/C8H10N.C4H9O.C2H5.BrH.Sn/c1-7(9)8-5-3-2-4-6-8;1-3-4(2)5;1-2;;/h2-5,7H,9H2,1H3;4H,3H2,1-2H3;1H2,2H3;1H;/q;-1;;;+2/p-1. The molecule has 1 rings (SSSR count). The van der Waals surface area contributed by atoms with Gasteiger partial charge in [0.05, 0.1) is 0 Å². The molecule has 2 unspecified atom stereocenters. The van der Waals surface area contributed by atoms with Gasteiger partial charge < -0.3 is 17.0 Å². The van der Waals surface area contributed by atoms with Crippen LogP contribution in [0.2, 0.25) is 4.44 Å². The molecular weight excluding hydrogens is 397 g/mol. The topological polar surface area (TPSA) is 35.2 Å². The van der Waals surface area contributed by atoms with Gasteiger partial charge in [-0.15, -0.1) is 0 Å². The van der Waals surface area contributed by atoms with Crippen LogP contribution in [0.4, 0.5) is 0 Å². The Kier molecular flexibility index (Phi) is 9.56. The summed E-state index contributed by atoms with van der Waals surface area (Å²) in [5.41, 5.74) is 7.33. The van der Waals surface area contributed by atoms with Gasteiger partial charge in [-0.2, -0.15) is 0 Å². The summed E-state index contributed by atoms with van der Waals surface area (Å²) in [7, 11) is 0. The summed E-state index contributed by atoms with van der Waals surface area (Å²) >= 11 is -1.94. The molecule has 1 aromatic rings. The molecule has 0 fully saturated rings. The molecule has 0 aromatic heterocycles. The predicted molar refractivity (Wildman–Crippen MR) is 75.8 cm³/mol. The monoisotopic (exact) mass is 421 g/mol. The Hall–Kier alpha value is 0.419. The van der Waals surface area contributed by atoms with Crippen molar-refractivity contribution >= 4 is 23.8 Å². The van der Waals surface area contributed by atoms with E-state index in [4.69, 9.17) is 8.81 Å². The Morgan fingerprint density at radius 2 is 1.83 bits per heavy atom. The van der Waals surface area contributed by atoms with Crippen molar-refractivity contribution in [3.05, 3.63) is 29.8 Å². The zero-order valence-corrected chi connectivity index (χ0v) is 16.2. The summed E-state index contributed by atoms with van der Waals surface area (Å²) in [6.07, 6.45) is 1.47. The van der Waals surface area contributed by atoms with Crippen LogP contribution in [0.5, 0.6) is 0 Å². The Morgan fingerprint density at radius 3 is 2.33 bits per heavy atom. The van der Waals surface area contributed by atoms with Crippen molar-refractivity contribution in [2.24, 2.45) is 5.73 Å². The fraction of sp³-hybridized carbons (Fsp3) is 0.571. The number of hydrogen-bond acceptors (Lipinski definition) is 2. The molecule has 2 atom stereocenters. The van der Waals surface area contributed by atoms with Gasteiger partial charge in [-0.1, -0.05) is 0 Å². The van der Waals surface area contributed by atoms with Crippen LogP contribution in [0, 0.1) is 0 Å². The molecule has 0 saturated carbocycles. The maximum absolute atomic E-state index is 6.27. The van der Waals surface area contributed by atoms with E-state index in [0.717, 1.165) is 6.42 Å². The minimum Gasteiger partial charge on any atom is -1.00 e. The van der Waals surface area contributed by atoms with E-state index < -0.39 is 20.2 Å². The molecule has 0 saturated heterocycles. The van der Waals surface area contributed by atoms with Gasteiger partial charge in [0.15, 0.2) is 0 Å². The maximum atomic E-state index is 6.27. The summed E-state index contributed by atoms with van der Waals surface area (Å²) in [5.74, 6) is 0. The Bertz CT molecular complexity index is 346. The van der Waals surface area contributed by atoms with Gasteiger partial charge in [0.25, 0.3) is 0 Å². The first-order valence-electron chi connectivity index (χ1n) is 6.47. The molecule has 102 valence electrons. The van der Waals surface area contributed by atoms with E-state index in [2.05, 4.69) is 52.0 Å². The molecule has 0 radical (unpaired) electrons. The van der Waals surface area contributed by atoms with Crippen LogP contribution >= 0.6 is 0 Å². The van der Waals surface area contributed by atoms with Crippen molar-refractivity contribution in [3.63, 3.8) is 0 Å².